The van der Waals surface area contributed by atoms with Crippen molar-refractivity contribution in [1.82, 2.24) is 4.90 Å². The molecule has 3 heteroatoms. The normalized spacial score (nSPS) is 19.8. The second-order valence-electron chi connectivity index (χ2n) is 19.9. The molecular weight excluding hydrogens is 743 g/mol. The van der Waals surface area contributed by atoms with Crippen LogP contribution in [0.4, 0.5) is 0 Å². The molecule has 0 saturated carbocycles. The van der Waals surface area contributed by atoms with E-state index in [1.807, 2.05) is 0 Å². The van der Waals surface area contributed by atoms with Gasteiger partial charge in [-0.1, -0.05) is 93.1 Å². The highest BCUT2D eigenvalue weighted by molar-refractivity contribution is 6.58. The van der Waals surface area contributed by atoms with Crippen molar-refractivity contribution in [3.05, 3.63) is 135 Å². The van der Waals surface area contributed by atoms with E-state index < -0.39 is 0 Å². The van der Waals surface area contributed by atoms with Gasteiger partial charge in [0.15, 0.2) is 0 Å². The molecule has 0 amide bonds. The van der Waals surface area contributed by atoms with Crippen LogP contribution < -0.4 is 4.74 Å². The number of fused-ring (bicyclic) bond motifs is 3. The van der Waals surface area contributed by atoms with Gasteiger partial charge >= 0.3 is 0 Å². The molecule has 0 spiro atoms. The van der Waals surface area contributed by atoms with E-state index in [0.717, 1.165) is 57.6 Å². The molecule has 1 fully saturated rings. The van der Waals surface area contributed by atoms with Crippen LogP contribution in [-0.4, -0.2) is 31.7 Å². The minimum absolute atomic E-state index is 0.317. The molecular formula is C58H49NO2. The van der Waals surface area contributed by atoms with Crippen molar-refractivity contribution < 1.29 is 9.47 Å². The van der Waals surface area contributed by atoms with Gasteiger partial charge in [-0.25, -0.2) is 0 Å². The van der Waals surface area contributed by atoms with Gasteiger partial charge in [0.2, 0.25) is 0 Å². The van der Waals surface area contributed by atoms with Gasteiger partial charge < -0.3 is 9.47 Å². The predicted molar refractivity (Wildman–Crippen MR) is 254 cm³/mol. The van der Waals surface area contributed by atoms with Crippen LogP contribution in [0.15, 0.2) is 84.9 Å². The van der Waals surface area contributed by atoms with Crippen molar-refractivity contribution in [1.29, 1.82) is 0 Å². The summed E-state index contributed by atoms with van der Waals surface area (Å²) in [6.07, 6.45) is 7.79. The lowest BCUT2D eigenvalue weighted by atomic mass is 9.71. The highest BCUT2D eigenvalue weighted by atomic mass is 16.5. The highest BCUT2D eigenvalue weighted by Crippen LogP contribution is 2.67. The average Bonchev–Trinajstić information content (AvgIpc) is 4.09. The van der Waals surface area contributed by atoms with Crippen molar-refractivity contribution >= 4 is 86.2 Å². The van der Waals surface area contributed by atoms with E-state index in [4.69, 9.17) is 9.47 Å². The molecule has 1 saturated heterocycles. The first kappa shape index (κ1) is 34.1. The van der Waals surface area contributed by atoms with Crippen LogP contribution in [-0.2, 0) is 24.2 Å². The number of hydrogen-bond donors (Lipinski definition) is 0. The Kier molecular flexibility index (Phi) is 6.67. The summed E-state index contributed by atoms with van der Waals surface area (Å²) < 4.78 is 12.3. The van der Waals surface area contributed by atoms with E-state index in [2.05, 4.69) is 111 Å². The fourth-order valence-corrected chi connectivity index (χ4v) is 14.1. The fourth-order valence-electron chi connectivity index (χ4n) is 14.1. The maximum absolute atomic E-state index is 6.34. The molecule has 0 bridgehead atoms. The molecule has 61 heavy (non-hydrogen) atoms. The Hall–Kier alpha value is -5.48. The number of likely N-dealkylation sites (tertiary alicyclic amines) is 1. The first-order valence-electron chi connectivity index (χ1n) is 23.4. The standard InChI is InChI=1S/C58H49NO2/c1-4-29(2)31-11-9-30(10-12-31)28-60-19-7-5-6-8-20-61-39-17-15-32(16-18-39)58-49-41-26-38-24-36-22-34-14-13-33-21-35-23-37-25-40(42(49)27-59(58)3)50-51(41)55-48(38)46(36)53-44(34)43(33)52-45(35)47(37)54(50)57(55)56(52)53/h9-18,21-22,25-26,29,42,49,58H,4-8,19-20,23-24,27-28H2,1-3H3. The molecule has 4 atom stereocenters. The molecule has 1 heterocycles. The highest BCUT2D eigenvalue weighted by Gasteiger charge is 2.49. The Morgan fingerprint density at radius 3 is 1.77 bits per heavy atom. The Morgan fingerprint density at radius 2 is 1.13 bits per heavy atom. The monoisotopic (exact) mass is 791 g/mol. The van der Waals surface area contributed by atoms with E-state index in [-0.39, 0.29) is 0 Å². The smallest absolute Gasteiger partial charge is 0.119 e. The second kappa shape index (κ2) is 11.9. The molecule has 1 aliphatic heterocycles. The molecule has 4 unspecified atom stereocenters. The summed E-state index contributed by atoms with van der Waals surface area (Å²) in [4.78, 5) is 2.68. The van der Waals surface area contributed by atoms with Gasteiger partial charge in [0.05, 0.1) is 13.2 Å². The Balaban J connectivity index is 0.720. The topological polar surface area (TPSA) is 21.7 Å². The van der Waals surface area contributed by atoms with Gasteiger partial charge in [-0.15, -0.1) is 0 Å². The minimum Gasteiger partial charge on any atom is -0.494 e. The number of rotatable bonds is 13. The Morgan fingerprint density at radius 1 is 0.574 bits per heavy atom. The van der Waals surface area contributed by atoms with Crippen LogP contribution in [0, 0.1) is 0 Å². The summed E-state index contributed by atoms with van der Waals surface area (Å²) >= 11 is 0. The molecule has 4 aliphatic rings. The number of nitrogens with zero attached hydrogens (tertiary/aromatic N) is 1. The fraction of sp³-hybridized carbons (Fsp3) is 0.310. The van der Waals surface area contributed by atoms with Gasteiger partial charge in [-0.2, -0.15) is 0 Å². The second-order valence-corrected chi connectivity index (χ2v) is 19.9. The first-order valence-corrected chi connectivity index (χ1v) is 23.4. The van der Waals surface area contributed by atoms with Gasteiger partial charge in [-0.3, -0.25) is 4.90 Å². The molecule has 298 valence electrons. The zero-order chi connectivity index (χ0) is 40.0. The van der Waals surface area contributed by atoms with Gasteiger partial charge in [-0.05, 0) is 200 Å². The Bertz CT molecular complexity index is 3530. The minimum atomic E-state index is 0.317. The van der Waals surface area contributed by atoms with E-state index in [0.29, 0.717) is 30.4 Å². The molecule has 0 radical (unpaired) electrons. The van der Waals surface area contributed by atoms with Crippen LogP contribution in [0.1, 0.15) is 120 Å². The average molecular weight is 792 g/mol. The molecule has 0 aromatic heterocycles. The first-order chi connectivity index (χ1) is 30.1. The zero-order valence-electron chi connectivity index (χ0n) is 35.4. The number of hydrogen-bond acceptors (Lipinski definition) is 3. The largest absolute Gasteiger partial charge is 0.494 e. The summed E-state index contributed by atoms with van der Waals surface area (Å²) in [5.74, 6) is 2.49. The molecule has 3 nitrogen and oxygen atoms in total. The lowest BCUT2D eigenvalue weighted by molar-refractivity contribution is 0.116. The van der Waals surface area contributed by atoms with E-state index in [1.54, 1.807) is 98.0 Å². The molecule has 15 rings (SSSR count). The van der Waals surface area contributed by atoms with E-state index in [1.165, 1.54) is 51.1 Å². The van der Waals surface area contributed by atoms with Crippen LogP contribution >= 0.6 is 0 Å². The zero-order valence-corrected chi connectivity index (χ0v) is 35.4. The quantitative estimate of drug-likeness (QED) is 0.0857. The third-order valence-corrected chi connectivity index (χ3v) is 16.8. The summed E-state index contributed by atoms with van der Waals surface area (Å²) in [7, 11) is 2.38. The van der Waals surface area contributed by atoms with Crippen LogP contribution in [0.25, 0.3) is 86.2 Å². The van der Waals surface area contributed by atoms with Crippen molar-refractivity contribution in [2.75, 3.05) is 26.8 Å². The maximum atomic E-state index is 6.34. The SMILES string of the molecule is CCC(C)c1ccc(COCCCCCCOc2ccc(C3C4c5cc6c7c8c(cc9ccc%10cc%11c%12c%13c(cc(c%14c5c7c(c%14%13)c5c%12c%10c9c85)C4CN3C)C%11)C6)cc2)cc1. The summed E-state index contributed by atoms with van der Waals surface area (Å²) in [6.45, 7) is 7.91. The van der Waals surface area contributed by atoms with Crippen LogP contribution in [0.5, 0.6) is 5.75 Å². The third-order valence-electron chi connectivity index (χ3n) is 16.8. The number of likely N-dealkylation sites (N-methyl/N-ethyl adjacent to an activating group) is 1. The predicted octanol–water partition coefficient (Wildman–Crippen LogP) is 14.4. The van der Waals surface area contributed by atoms with Crippen LogP contribution in [0.2, 0.25) is 0 Å². The molecule has 0 N–H and O–H groups in total. The number of ether oxygens (including phenoxy) is 2. The number of unbranched alkanes of at least 4 members (excludes halogenated alkanes) is 3. The summed E-state index contributed by atoms with van der Waals surface area (Å²) in [6, 6.07) is 33.9. The lowest BCUT2D eigenvalue weighted by Gasteiger charge is -2.32. The van der Waals surface area contributed by atoms with Gasteiger partial charge in [0.25, 0.3) is 0 Å². The van der Waals surface area contributed by atoms with Crippen molar-refractivity contribution in [3.63, 3.8) is 0 Å². The van der Waals surface area contributed by atoms with Crippen LogP contribution in [0.3, 0.4) is 0 Å². The van der Waals surface area contributed by atoms with E-state index >= 15 is 0 Å². The van der Waals surface area contributed by atoms with Crippen molar-refractivity contribution in [3.8, 4) is 5.75 Å². The third kappa shape index (κ3) is 4.19. The summed E-state index contributed by atoms with van der Waals surface area (Å²) in [5, 5.41) is 25.1. The Labute approximate surface area is 355 Å². The van der Waals surface area contributed by atoms with Gasteiger partial charge in [0, 0.05) is 31.0 Å². The van der Waals surface area contributed by atoms with E-state index in [9.17, 15) is 0 Å². The molecule has 3 aliphatic carbocycles. The maximum Gasteiger partial charge on any atom is 0.119 e. The summed E-state index contributed by atoms with van der Waals surface area (Å²) in [5.41, 5.74) is 13.6. The van der Waals surface area contributed by atoms with Gasteiger partial charge in [0.1, 0.15) is 5.75 Å². The molecule has 11 aromatic carbocycles. The lowest BCUT2D eigenvalue weighted by Crippen LogP contribution is -2.21. The number of benzene rings is 9. The molecule has 11 aromatic rings. The van der Waals surface area contributed by atoms with Crippen molar-refractivity contribution in [2.45, 2.75) is 89.2 Å². The van der Waals surface area contributed by atoms with Crippen molar-refractivity contribution in [2.24, 2.45) is 0 Å².